The molecular weight excluding hydrogens is 130 g/mol. The first kappa shape index (κ1) is 9.39. The van der Waals surface area contributed by atoms with E-state index in [0.717, 1.165) is 0 Å². The molecule has 0 rings (SSSR count). The highest BCUT2D eigenvalue weighted by atomic mass is 16.2. The second-order valence-electron chi connectivity index (χ2n) is 2.43. The maximum Gasteiger partial charge on any atom is 0.235 e. The monoisotopic (exact) mass is 145 g/mol. The molecule has 4 nitrogen and oxygen atoms in total. The van der Waals surface area contributed by atoms with Gasteiger partial charge in [0.25, 0.3) is 0 Å². The molecule has 0 unspecified atom stereocenters. The third-order valence-electron chi connectivity index (χ3n) is 1.07. The zero-order valence-corrected chi connectivity index (χ0v) is 6.48. The van der Waals surface area contributed by atoms with Crippen molar-refractivity contribution in [2.45, 2.75) is 26.3 Å². The van der Waals surface area contributed by atoms with Crippen molar-refractivity contribution in [1.29, 1.82) is 0 Å². The molecule has 10 heavy (non-hydrogen) atoms. The van der Waals surface area contributed by atoms with Gasteiger partial charge in [-0.3, -0.25) is 10.2 Å². The molecule has 0 aromatic rings. The molecule has 4 heteroatoms. The van der Waals surface area contributed by atoms with Gasteiger partial charge in [-0.05, 0) is 0 Å². The standard InChI is InChI=1S/C6H15N3O/c1-5(2)8-4-3-6(10)9-7/h5,8H,3-4,7H2,1-2H3,(H,9,10). The van der Waals surface area contributed by atoms with E-state index in [-0.39, 0.29) is 5.91 Å². The number of hydrogen-bond donors (Lipinski definition) is 3. The lowest BCUT2D eigenvalue weighted by atomic mass is 10.3. The Balaban J connectivity index is 3.12. The van der Waals surface area contributed by atoms with Crippen LogP contribution in [-0.2, 0) is 4.79 Å². The van der Waals surface area contributed by atoms with E-state index >= 15 is 0 Å². The summed E-state index contributed by atoms with van der Waals surface area (Å²) in [7, 11) is 0. The van der Waals surface area contributed by atoms with Crippen molar-refractivity contribution in [2.75, 3.05) is 6.54 Å². The van der Waals surface area contributed by atoms with Crippen molar-refractivity contribution in [1.82, 2.24) is 10.7 Å². The molecule has 0 aliphatic rings. The Kier molecular flexibility index (Phi) is 4.88. The largest absolute Gasteiger partial charge is 0.314 e. The number of hydrazine groups is 1. The first-order valence-electron chi connectivity index (χ1n) is 3.39. The molecule has 1 amide bonds. The Morgan fingerprint density at radius 3 is 2.60 bits per heavy atom. The van der Waals surface area contributed by atoms with Gasteiger partial charge in [0.2, 0.25) is 5.91 Å². The summed E-state index contributed by atoms with van der Waals surface area (Å²) in [6, 6.07) is 0.422. The number of nitrogens with one attached hydrogen (secondary N) is 2. The van der Waals surface area contributed by atoms with Crippen molar-refractivity contribution in [3.05, 3.63) is 0 Å². The minimum Gasteiger partial charge on any atom is -0.314 e. The average molecular weight is 145 g/mol. The van der Waals surface area contributed by atoms with Crippen LogP contribution in [0.3, 0.4) is 0 Å². The number of carbonyl (C=O) groups is 1. The molecule has 0 heterocycles. The summed E-state index contributed by atoms with van der Waals surface area (Å²) in [5.74, 6) is 4.73. The van der Waals surface area contributed by atoms with Gasteiger partial charge in [0, 0.05) is 19.0 Å². The summed E-state index contributed by atoms with van der Waals surface area (Å²) in [6.45, 7) is 4.74. The van der Waals surface area contributed by atoms with E-state index in [1.54, 1.807) is 0 Å². The Morgan fingerprint density at radius 2 is 2.20 bits per heavy atom. The Bertz CT molecular complexity index is 103. The predicted octanol–water partition coefficient (Wildman–Crippen LogP) is -0.636. The van der Waals surface area contributed by atoms with E-state index in [1.165, 1.54) is 0 Å². The Hall–Kier alpha value is -0.610. The van der Waals surface area contributed by atoms with Crippen molar-refractivity contribution in [2.24, 2.45) is 5.84 Å². The molecule has 0 fully saturated rings. The summed E-state index contributed by atoms with van der Waals surface area (Å²) in [5.41, 5.74) is 2.06. The lowest BCUT2D eigenvalue weighted by Gasteiger charge is -2.05. The molecule has 0 bridgehead atoms. The highest BCUT2D eigenvalue weighted by Crippen LogP contribution is 1.78. The lowest BCUT2D eigenvalue weighted by Crippen LogP contribution is -2.34. The fraction of sp³-hybridized carbons (Fsp3) is 0.833. The summed E-state index contributed by atoms with van der Waals surface area (Å²) in [6.07, 6.45) is 0.439. The molecule has 60 valence electrons. The fourth-order valence-corrected chi connectivity index (χ4v) is 0.547. The maximum atomic E-state index is 10.5. The molecule has 0 atom stereocenters. The zero-order chi connectivity index (χ0) is 7.98. The van der Waals surface area contributed by atoms with Crippen molar-refractivity contribution >= 4 is 5.91 Å². The number of hydrogen-bond acceptors (Lipinski definition) is 3. The third-order valence-corrected chi connectivity index (χ3v) is 1.07. The SMILES string of the molecule is CC(C)NCCC(=O)NN. The topological polar surface area (TPSA) is 67.2 Å². The first-order chi connectivity index (χ1) is 4.66. The lowest BCUT2D eigenvalue weighted by molar-refractivity contribution is -0.121. The van der Waals surface area contributed by atoms with Crippen LogP contribution in [0.25, 0.3) is 0 Å². The van der Waals surface area contributed by atoms with Gasteiger partial charge in [0.15, 0.2) is 0 Å². The van der Waals surface area contributed by atoms with E-state index in [9.17, 15) is 4.79 Å². The minimum atomic E-state index is -0.131. The molecule has 0 spiro atoms. The van der Waals surface area contributed by atoms with Crippen LogP contribution in [0.5, 0.6) is 0 Å². The molecule has 0 saturated heterocycles. The molecule has 0 aromatic carbocycles. The van der Waals surface area contributed by atoms with Crippen LogP contribution in [-0.4, -0.2) is 18.5 Å². The summed E-state index contributed by atoms with van der Waals surface area (Å²) in [4.78, 5) is 10.5. The van der Waals surface area contributed by atoms with Gasteiger partial charge in [0.1, 0.15) is 0 Å². The van der Waals surface area contributed by atoms with Crippen LogP contribution in [0.15, 0.2) is 0 Å². The van der Waals surface area contributed by atoms with E-state index in [0.29, 0.717) is 19.0 Å². The van der Waals surface area contributed by atoms with Crippen LogP contribution in [0, 0.1) is 0 Å². The van der Waals surface area contributed by atoms with Gasteiger partial charge in [-0.25, -0.2) is 5.84 Å². The zero-order valence-electron chi connectivity index (χ0n) is 6.48. The Labute approximate surface area is 61.1 Å². The maximum absolute atomic E-state index is 10.5. The molecular formula is C6H15N3O. The second kappa shape index (κ2) is 5.20. The summed E-state index contributed by atoms with van der Waals surface area (Å²) < 4.78 is 0. The minimum absolute atomic E-state index is 0.131. The van der Waals surface area contributed by atoms with Crippen molar-refractivity contribution in [3.8, 4) is 0 Å². The quantitative estimate of drug-likeness (QED) is 0.280. The van der Waals surface area contributed by atoms with Crippen LogP contribution in [0.1, 0.15) is 20.3 Å². The van der Waals surface area contributed by atoms with Crippen LogP contribution < -0.4 is 16.6 Å². The van der Waals surface area contributed by atoms with Crippen LogP contribution in [0.4, 0.5) is 0 Å². The van der Waals surface area contributed by atoms with Gasteiger partial charge >= 0.3 is 0 Å². The third kappa shape index (κ3) is 5.53. The normalized spacial score (nSPS) is 10.0. The van der Waals surface area contributed by atoms with Gasteiger partial charge < -0.3 is 5.32 Å². The Morgan fingerprint density at radius 1 is 1.60 bits per heavy atom. The van der Waals surface area contributed by atoms with Crippen molar-refractivity contribution in [3.63, 3.8) is 0 Å². The van der Waals surface area contributed by atoms with Gasteiger partial charge in [-0.1, -0.05) is 13.8 Å². The van der Waals surface area contributed by atoms with Gasteiger partial charge in [-0.15, -0.1) is 0 Å². The van der Waals surface area contributed by atoms with E-state index in [1.807, 2.05) is 13.8 Å². The average Bonchev–Trinajstić information content (AvgIpc) is 1.87. The molecule has 4 N–H and O–H groups in total. The number of rotatable bonds is 4. The molecule has 0 aromatic heterocycles. The van der Waals surface area contributed by atoms with Gasteiger partial charge in [0.05, 0.1) is 0 Å². The van der Waals surface area contributed by atoms with Crippen molar-refractivity contribution < 1.29 is 4.79 Å². The number of amides is 1. The van der Waals surface area contributed by atoms with Crippen LogP contribution in [0.2, 0.25) is 0 Å². The predicted molar refractivity (Wildman–Crippen MR) is 40.1 cm³/mol. The van der Waals surface area contributed by atoms with Crippen LogP contribution >= 0.6 is 0 Å². The summed E-state index contributed by atoms with van der Waals surface area (Å²) >= 11 is 0. The second-order valence-corrected chi connectivity index (χ2v) is 2.43. The highest BCUT2D eigenvalue weighted by molar-refractivity contribution is 5.75. The first-order valence-corrected chi connectivity index (χ1v) is 3.39. The van der Waals surface area contributed by atoms with E-state index < -0.39 is 0 Å². The van der Waals surface area contributed by atoms with E-state index in [4.69, 9.17) is 5.84 Å². The smallest absolute Gasteiger partial charge is 0.235 e. The summed E-state index contributed by atoms with van der Waals surface area (Å²) in [5, 5.41) is 3.09. The molecule has 0 aliphatic carbocycles. The molecule has 0 aliphatic heterocycles. The fourth-order valence-electron chi connectivity index (χ4n) is 0.547. The van der Waals surface area contributed by atoms with Gasteiger partial charge in [-0.2, -0.15) is 0 Å². The molecule has 0 radical (unpaired) electrons. The highest BCUT2D eigenvalue weighted by Gasteiger charge is 1.97. The molecule has 0 saturated carbocycles. The number of carbonyl (C=O) groups excluding carboxylic acids is 1. The number of nitrogens with two attached hydrogens (primary N) is 1. The van der Waals surface area contributed by atoms with E-state index in [2.05, 4.69) is 10.7 Å².